The third-order valence-electron chi connectivity index (χ3n) is 5.38. The molecule has 2 atom stereocenters. The fraction of sp³-hybridized carbons (Fsp3) is 0.217. The van der Waals surface area contributed by atoms with Crippen molar-refractivity contribution in [3.63, 3.8) is 0 Å². The van der Waals surface area contributed by atoms with Crippen molar-refractivity contribution < 1.29 is 14.0 Å². The van der Waals surface area contributed by atoms with Crippen LogP contribution in [0.5, 0.6) is 0 Å². The van der Waals surface area contributed by atoms with Crippen molar-refractivity contribution in [1.29, 1.82) is 0 Å². The Morgan fingerprint density at radius 3 is 1.67 bits per heavy atom. The van der Waals surface area contributed by atoms with Crippen LogP contribution in [0.1, 0.15) is 37.2 Å². The van der Waals surface area contributed by atoms with Crippen LogP contribution in [0.15, 0.2) is 78.9 Å². The van der Waals surface area contributed by atoms with Gasteiger partial charge in [0.05, 0.1) is 0 Å². The van der Waals surface area contributed by atoms with Gasteiger partial charge in [-0.2, -0.15) is 0 Å². The molecule has 0 aromatic heterocycles. The molecule has 0 amide bonds. The second-order valence-electron chi connectivity index (χ2n) is 7.54. The summed E-state index contributed by atoms with van der Waals surface area (Å²) in [6.45, 7) is 3.87. The molecule has 3 nitrogen and oxygen atoms in total. The fourth-order valence-corrected chi connectivity index (χ4v) is 7.42. The zero-order valence-corrected chi connectivity index (χ0v) is 16.2. The first kappa shape index (κ1) is 16.9. The quantitative estimate of drug-likeness (QED) is 0.597. The van der Waals surface area contributed by atoms with E-state index in [0.717, 1.165) is 27.0 Å². The van der Waals surface area contributed by atoms with E-state index in [4.69, 9.17) is 9.47 Å². The molecule has 0 spiro atoms. The molecule has 0 N–H and O–H groups in total. The van der Waals surface area contributed by atoms with Gasteiger partial charge in [0.2, 0.25) is 0 Å². The summed E-state index contributed by atoms with van der Waals surface area (Å²) in [5.74, 6) is -0.691. The molecule has 0 saturated carbocycles. The zero-order chi connectivity index (χ0) is 18.6. The van der Waals surface area contributed by atoms with E-state index in [9.17, 15) is 4.57 Å². The van der Waals surface area contributed by atoms with Crippen LogP contribution in [0, 0.1) is 0 Å². The molecule has 3 aromatic carbocycles. The second-order valence-corrected chi connectivity index (χ2v) is 10.2. The van der Waals surface area contributed by atoms with Gasteiger partial charge in [0.15, 0.2) is 12.9 Å². The van der Waals surface area contributed by atoms with Crippen molar-refractivity contribution in [2.24, 2.45) is 0 Å². The van der Waals surface area contributed by atoms with Crippen molar-refractivity contribution in [1.82, 2.24) is 0 Å². The van der Waals surface area contributed by atoms with E-state index in [1.807, 2.05) is 92.7 Å². The highest BCUT2D eigenvalue weighted by Gasteiger charge is 2.50. The van der Waals surface area contributed by atoms with E-state index in [2.05, 4.69) is 0 Å². The molecule has 5 rings (SSSR count). The lowest BCUT2D eigenvalue weighted by atomic mass is 9.99. The zero-order valence-electron chi connectivity index (χ0n) is 15.3. The van der Waals surface area contributed by atoms with Crippen LogP contribution in [-0.2, 0) is 14.0 Å². The lowest BCUT2D eigenvalue weighted by molar-refractivity contribution is -0.147. The minimum atomic E-state index is -3.04. The second kappa shape index (κ2) is 5.90. The molecule has 1 saturated heterocycles. The van der Waals surface area contributed by atoms with Gasteiger partial charge in [-0.15, -0.1) is 0 Å². The summed E-state index contributed by atoms with van der Waals surface area (Å²) >= 11 is 0. The normalized spacial score (nSPS) is 24.4. The molecule has 0 aliphatic carbocycles. The highest BCUT2D eigenvalue weighted by Crippen LogP contribution is 2.55. The van der Waals surface area contributed by atoms with Gasteiger partial charge in [0, 0.05) is 15.9 Å². The van der Waals surface area contributed by atoms with Gasteiger partial charge in [-0.05, 0) is 25.0 Å². The molecule has 0 radical (unpaired) electrons. The van der Waals surface area contributed by atoms with Crippen LogP contribution in [0.25, 0.3) is 0 Å². The molecule has 0 bridgehead atoms. The monoisotopic (exact) mass is 376 g/mol. The van der Waals surface area contributed by atoms with Crippen LogP contribution in [0.2, 0.25) is 0 Å². The van der Waals surface area contributed by atoms with E-state index in [1.54, 1.807) is 0 Å². The van der Waals surface area contributed by atoms with Gasteiger partial charge in [-0.25, -0.2) is 0 Å². The average molecular weight is 376 g/mol. The Kier molecular flexibility index (Phi) is 3.70. The van der Waals surface area contributed by atoms with Gasteiger partial charge in [-0.1, -0.05) is 78.9 Å². The third-order valence-corrected chi connectivity index (χ3v) is 8.58. The van der Waals surface area contributed by atoms with Crippen molar-refractivity contribution in [2.45, 2.75) is 31.8 Å². The molecule has 2 heterocycles. The Hall–Kier alpha value is -2.19. The van der Waals surface area contributed by atoms with Crippen molar-refractivity contribution in [3.05, 3.63) is 90.0 Å². The molecule has 27 heavy (non-hydrogen) atoms. The average Bonchev–Trinajstić information content (AvgIpc) is 3.00. The molecular formula is C23H21O3P. The maximum atomic E-state index is 14.8. The molecule has 4 heteroatoms. The lowest BCUT2D eigenvalue weighted by Gasteiger charge is -2.24. The molecule has 2 aliphatic rings. The van der Waals surface area contributed by atoms with Crippen LogP contribution >= 0.6 is 7.14 Å². The van der Waals surface area contributed by atoms with E-state index in [-0.39, 0.29) is 12.2 Å². The van der Waals surface area contributed by atoms with Crippen molar-refractivity contribution in [3.8, 4) is 0 Å². The summed E-state index contributed by atoms with van der Waals surface area (Å²) in [6.07, 6.45) is -0.561. The Bertz CT molecular complexity index is 996. The van der Waals surface area contributed by atoms with E-state index in [1.165, 1.54) is 0 Å². The van der Waals surface area contributed by atoms with E-state index >= 15 is 0 Å². The number of ether oxygens (including phenoxy) is 2. The summed E-state index contributed by atoms with van der Waals surface area (Å²) < 4.78 is 27.4. The highest BCUT2D eigenvalue weighted by atomic mass is 31.2. The standard InChI is InChI=1S/C23H21O3P/c1-23(2)25-21-17-12-6-8-14-19(17)27(24,16-10-4-3-5-11-16)20-15-9-7-13-18(20)22(21)26-23/h3-15,21-22H,1-2H3/t21-,22-/m1/s1. The first-order valence-electron chi connectivity index (χ1n) is 9.21. The maximum absolute atomic E-state index is 14.8. The van der Waals surface area contributed by atoms with Gasteiger partial charge < -0.3 is 14.0 Å². The molecule has 1 fully saturated rings. The summed E-state index contributed by atoms with van der Waals surface area (Å²) in [4.78, 5) is 0. The Labute approximate surface area is 159 Å². The third kappa shape index (κ3) is 2.46. The molecular weight excluding hydrogens is 355 g/mol. The van der Waals surface area contributed by atoms with Gasteiger partial charge in [0.25, 0.3) is 0 Å². The summed E-state index contributed by atoms with van der Waals surface area (Å²) in [6, 6.07) is 25.7. The predicted octanol–water partition coefficient (Wildman–Crippen LogP) is 4.20. The smallest absolute Gasteiger partial charge is 0.171 e. The molecule has 3 aromatic rings. The number of hydrogen-bond acceptors (Lipinski definition) is 3. The van der Waals surface area contributed by atoms with Crippen LogP contribution in [0.4, 0.5) is 0 Å². The maximum Gasteiger partial charge on any atom is 0.171 e. The molecule has 0 unspecified atom stereocenters. The predicted molar refractivity (Wildman–Crippen MR) is 108 cm³/mol. The molecule has 2 aliphatic heterocycles. The van der Waals surface area contributed by atoms with Crippen LogP contribution < -0.4 is 15.9 Å². The van der Waals surface area contributed by atoms with Crippen molar-refractivity contribution >= 4 is 23.1 Å². The number of fused-ring (bicyclic) bond motifs is 5. The SMILES string of the molecule is CC1(C)O[C@@H]2c3ccccc3P(=O)(c3ccccc3)c3ccccc3[C@H]2O1. The van der Waals surface area contributed by atoms with Gasteiger partial charge >= 0.3 is 0 Å². The van der Waals surface area contributed by atoms with Gasteiger partial charge in [0.1, 0.15) is 12.2 Å². The Morgan fingerprint density at radius 1 is 0.704 bits per heavy atom. The number of benzene rings is 3. The van der Waals surface area contributed by atoms with E-state index in [0.29, 0.717) is 0 Å². The first-order valence-corrected chi connectivity index (χ1v) is 10.9. The fourth-order valence-electron chi connectivity index (χ4n) is 4.29. The minimum Gasteiger partial charge on any atom is -0.339 e. The topological polar surface area (TPSA) is 35.5 Å². The minimum absolute atomic E-state index is 0.281. The Morgan fingerprint density at radius 2 is 1.15 bits per heavy atom. The summed E-state index contributed by atoms with van der Waals surface area (Å²) in [5, 5.41) is 2.53. The highest BCUT2D eigenvalue weighted by molar-refractivity contribution is 7.85. The van der Waals surface area contributed by atoms with Crippen LogP contribution in [0.3, 0.4) is 0 Å². The lowest BCUT2D eigenvalue weighted by Crippen LogP contribution is -2.29. The molecule has 136 valence electrons. The van der Waals surface area contributed by atoms with Crippen LogP contribution in [-0.4, -0.2) is 5.79 Å². The van der Waals surface area contributed by atoms with Gasteiger partial charge in [-0.3, -0.25) is 0 Å². The summed E-state index contributed by atoms with van der Waals surface area (Å²) in [7, 11) is -3.04. The summed E-state index contributed by atoms with van der Waals surface area (Å²) in [5.41, 5.74) is 1.91. The Balaban J connectivity index is 1.88. The number of hydrogen-bond donors (Lipinski definition) is 0. The number of rotatable bonds is 1. The van der Waals surface area contributed by atoms with E-state index < -0.39 is 12.9 Å². The first-order chi connectivity index (χ1) is 13.0. The van der Waals surface area contributed by atoms with Crippen molar-refractivity contribution in [2.75, 3.05) is 0 Å². The largest absolute Gasteiger partial charge is 0.339 e.